The highest BCUT2D eigenvalue weighted by Gasteiger charge is 2.23. The van der Waals surface area contributed by atoms with E-state index >= 15 is 0 Å². The van der Waals surface area contributed by atoms with Crippen molar-refractivity contribution in [2.24, 2.45) is 5.18 Å². The molecule has 0 rings (SSSR count). The van der Waals surface area contributed by atoms with Gasteiger partial charge in [-0.2, -0.15) is 0 Å². The van der Waals surface area contributed by atoms with Crippen LogP contribution in [0.1, 0.15) is 27.2 Å². The van der Waals surface area contributed by atoms with Crippen LogP contribution in [0.3, 0.4) is 0 Å². The van der Waals surface area contributed by atoms with Gasteiger partial charge in [0.25, 0.3) is 0 Å². The predicted octanol–water partition coefficient (Wildman–Crippen LogP) is 1.77. The highest BCUT2D eigenvalue weighted by molar-refractivity contribution is 5.79. The summed E-state index contributed by atoms with van der Waals surface area (Å²) in [6.45, 7) is 9.01. The van der Waals surface area contributed by atoms with Gasteiger partial charge in [-0.1, -0.05) is 6.58 Å². The van der Waals surface area contributed by atoms with Crippen molar-refractivity contribution in [3.05, 3.63) is 17.1 Å². The van der Waals surface area contributed by atoms with Crippen molar-refractivity contribution in [3.63, 3.8) is 0 Å². The molecule has 0 saturated carbocycles. The lowest BCUT2D eigenvalue weighted by Crippen LogP contribution is -2.33. The van der Waals surface area contributed by atoms with E-state index in [4.69, 9.17) is 4.74 Å². The third kappa shape index (κ3) is 7.17. The maximum atomic E-state index is 11.3. The molecule has 1 N–H and O–H groups in total. The van der Waals surface area contributed by atoms with Crippen molar-refractivity contribution in [2.45, 2.75) is 38.8 Å². The first-order chi connectivity index (χ1) is 8.71. The van der Waals surface area contributed by atoms with Gasteiger partial charge in [0.2, 0.25) is 6.04 Å². The molecule has 7 nitrogen and oxygen atoms in total. The van der Waals surface area contributed by atoms with E-state index in [2.05, 4.69) is 21.8 Å². The molecular formula is C12H20N2O5. The minimum absolute atomic E-state index is 0.191. The summed E-state index contributed by atoms with van der Waals surface area (Å²) in [4.78, 5) is 33.0. The van der Waals surface area contributed by atoms with Crippen LogP contribution >= 0.6 is 0 Å². The molecule has 0 radical (unpaired) electrons. The van der Waals surface area contributed by atoms with Crippen molar-refractivity contribution in [1.82, 2.24) is 5.32 Å². The maximum absolute atomic E-state index is 11.3. The van der Waals surface area contributed by atoms with E-state index < -0.39 is 23.7 Å². The molecule has 0 aliphatic rings. The lowest BCUT2D eigenvalue weighted by Gasteiger charge is -2.19. The Balaban J connectivity index is 4.13. The number of carbonyl (C=O) groups is 2. The molecule has 1 amide bonds. The molecule has 0 fully saturated rings. The summed E-state index contributed by atoms with van der Waals surface area (Å²) in [5.74, 6) is -0.766. The number of esters is 1. The van der Waals surface area contributed by atoms with Crippen molar-refractivity contribution < 1.29 is 19.1 Å². The number of nitrogens with one attached hydrogen (secondary N) is 1. The van der Waals surface area contributed by atoms with E-state index in [1.165, 1.54) is 0 Å². The summed E-state index contributed by atoms with van der Waals surface area (Å²) < 4.78 is 9.43. The van der Waals surface area contributed by atoms with Crippen LogP contribution in [0.5, 0.6) is 0 Å². The van der Waals surface area contributed by atoms with Gasteiger partial charge in [0, 0.05) is 6.54 Å². The predicted molar refractivity (Wildman–Crippen MR) is 69.6 cm³/mol. The number of amides is 1. The topological polar surface area (TPSA) is 94.1 Å². The number of nitroso groups, excluding NO2 is 1. The quantitative estimate of drug-likeness (QED) is 0.451. The van der Waals surface area contributed by atoms with Crippen molar-refractivity contribution in [2.75, 3.05) is 13.7 Å². The lowest BCUT2D eigenvalue weighted by molar-refractivity contribution is -0.141. The molecular weight excluding hydrogens is 252 g/mol. The molecule has 0 unspecified atom stereocenters. The Morgan fingerprint density at radius 3 is 2.37 bits per heavy atom. The molecule has 0 aromatic carbocycles. The van der Waals surface area contributed by atoms with Gasteiger partial charge in [-0.15, -0.1) is 4.91 Å². The number of alkyl carbamates (subject to hydrolysis) is 1. The molecule has 0 saturated heterocycles. The fraction of sp³-hybridized carbons (Fsp3) is 0.667. The van der Waals surface area contributed by atoms with Crippen LogP contribution in [0.2, 0.25) is 0 Å². The van der Waals surface area contributed by atoms with Gasteiger partial charge < -0.3 is 14.8 Å². The van der Waals surface area contributed by atoms with Gasteiger partial charge in [0.1, 0.15) is 5.60 Å². The van der Waals surface area contributed by atoms with Crippen molar-refractivity contribution >= 4 is 12.1 Å². The fourth-order valence-corrected chi connectivity index (χ4v) is 1.17. The van der Waals surface area contributed by atoms with Gasteiger partial charge in [-0.05, 0) is 37.9 Å². The number of carbonyl (C=O) groups excluding carboxylic acids is 2. The van der Waals surface area contributed by atoms with E-state index in [1.807, 2.05) is 0 Å². The largest absolute Gasteiger partial charge is 0.467 e. The van der Waals surface area contributed by atoms with Crippen LogP contribution in [0.4, 0.5) is 4.79 Å². The number of rotatable bonds is 6. The van der Waals surface area contributed by atoms with Gasteiger partial charge in [0.05, 0.1) is 7.11 Å². The van der Waals surface area contributed by atoms with Crippen molar-refractivity contribution in [3.8, 4) is 0 Å². The van der Waals surface area contributed by atoms with Crippen LogP contribution in [-0.4, -0.2) is 37.4 Å². The summed E-state index contributed by atoms with van der Waals surface area (Å²) in [5, 5.41) is 5.14. The van der Waals surface area contributed by atoms with E-state index in [1.54, 1.807) is 20.8 Å². The summed E-state index contributed by atoms with van der Waals surface area (Å²) in [5.41, 5.74) is -0.307. The normalized spacial score (nSPS) is 12.2. The molecule has 0 heterocycles. The van der Waals surface area contributed by atoms with Gasteiger partial charge >= 0.3 is 12.1 Å². The average Bonchev–Trinajstić information content (AvgIpc) is 2.27. The fourth-order valence-electron chi connectivity index (χ4n) is 1.17. The summed E-state index contributed by atoms with van der Waals surface area (Å²) in [7, 11) is 1.16. The molecule has 0 spiro atoms. The Morgan fingerprint density at radius 2 is 1.95 bits per heavy atom. The molecule has 0 aromatic heterocycles. The first-order valence-electron chi connectivity index (χ1n) is 5.76. The number of hydrogen-bond acceptors (Lipinski definition) is 6. The van der Waals surface area contributed by atoms with E-state index in [-0.39, 0.29) is 18.5 Å². The summed E-state index contributed by atoms with van der Waals surface area (Å²) >= 11 is 0. The average molecular weight is 272 g/mol. The van der Waals surface area contributed by atoms with E-state index in [0.29, 0.717) is 0 Å². The minimum Gasteiger partial charge on any atom is -0.467 e. The van der Waals surface area contributed by atoms with E-state index in [0.717, 1.165) is 7.11 Å². The van der Waals surface area contributed by atoms with Crippen molar-refractivity contribution in [1.29, 1.82) is 0 Å². The summed E-state index contributed by atoms with van der Waals surface area (Å²) in [6, 6.07) is -1.24. The zero-order chi connectivity index (χ0) is 15.1. The smallest absolute Gasteiger partial charge is 0.407 e. The second-order valence-corrected chi connectivity index (χ2v) is 4.87. The number of ether oxygens (including phenoxy) is 2. The third-order valence-electron chi connectivity index (χ3n) is 2.03. The Kier molecular flexibility index (Phi) is 6.74. The highest BCUT2D eigenvalue weighted by Crippen LogP contribution is 2.10. The molecule has 0 aliphatic carbocycles. The highest BCUT2D eigenvalue weighted by atomic mass is 16.6. The molecule has 108 valence electrons. The van der Waals surface area contributed by atoms with Gasteiger partial charge in [0.15, 0.2) is 0 Å². The molecule has 19 heavy (non-hydrogen) atoms. The SMILES string of the molecule is C=C(CCNC(=O)OC(C)(C)C)[C@H](N=O)C(=O)OC. The zero-order valence-electron chi connectivity index (χ0n) is 11.7. The Hall–Kier alpha value is -1.92. The lowest BCUT2D eigenvalue weighted by atomic mass is 10.1. The standard InChI is InChI=1S/C12H20N2O5/c1-8(9(14-17)10(15)18-5)6-7-13-11(16)19-12(2,3)4/h9H,1,6-7H2,2-5H3,(H,13,16)/t9-/m0/s1. The Bertz CT molecular complexity index is 360. The minimum atomic E-state index is -1.24. The van der Waals surface area contributed by atoms with Crippen LogP contribution in [0.15, 0.2) is 17.3 Å². The van der Waals surface area contributed by atoms with Crippen LogP contribution < -0.4 is 5.32 Å². The maximum Gasteiger partial charge on any atom is 0.407 e. The van der Waals surface area contributed by atoms with Gasteiger partial charge in [-0.3, -0.25) is 0 Å². The van der Waals surface area contributed by atoms with Crippen LogP contribution in [-0.2, 0) is 14.3 Å². The monoisotopic (exact) mass is 272 g/mol. The van der Waals surface area contributed by atoms with Crippen LogP contribution in [0, 0.1) is 4.91 Å². The first kappa shape index (κ1) is 17.1. The number of nitrogens with zero attached hydrogens (tertiary/aromatic N) is 1. The Labute approximate surface area is 112 Å². The number of hydrogen-bond donors (Lipinski definition) is 1. The molecule has 1 atom stereocenters. The molecule has 0 aromatic rings. The first-order valence-corrected chi connectivity index (χ1v) is 5.76. The van der Waals surface area contributed by atoms with E-state index in [9.17, 15) is 14.5 Å². The second-order valence-electron chi connectivity index (χ2n) is 4.87. The second kappa shape index (κ2) is 7.50. The molecule has 7 heteroatoms. The molecule has 0 aliphatic heterocycles. The Morgan fingerprint density at radius 1 is 1.37 bits per heavy atom. The third-order valence-corrected chi connectivity index (χ3v) is 2.03. The van der Waals surface area contributed by atoms with Crippen LogP contribution in [0.25, 0.3) is 0 Å². The number of methoxy groups -OCH3 is 1. The summed E-state index contributed by atoms with van der Waals surface area (Å²) in [6.07, 6.45) is -0.348. The molecule has 0 bridgehead atoms. The van der Waals surface area contributed by atoms with Gasteiger partial charge in [-0.25, -0.2) is 9.59 Å². The zero-order valence-corrected chi connectivity index (χ0v) is 11.7.